The first kappa shape index (κ1) is 20.3. The van der Waals surface area contributed by atoms with Crippen LogP contribution in [0.4, 0.5) is 4.79 Å². The van der Waals surface area contributed by atoms with Crippen molar-refractivity contribution in [2.45, 2.75) is 66.6 Å². The van der Waals surface area contributed by atoms with Crippen LogP contribution in [0.15, 0.2) is 24.0 Å². The van der Waals surface area contributed by atoms with E-state index in [9.17, 15) is 4.79 Å². The zero-order valence-electron chi connectivity index (χ0n) is 14.5. The third-order valence-corrected chi connectivity index (χ3v) is 1.51. The molecule has 0 radical (unpaired) electrons. The fourth-order valence-electron chi connectivity index (χ4n) is 0.804. The van der Waals surface area contributed by atoms with Gasteiger partial charge in [-0.2, -0.15) is 9.78 Å². The summed E-state index contributed by atoms with van der Waals surface area (Å²) in [6.07, 6.45) is 1.39. The van der Waals surface area contributed by atoms with Crippen LogP contribution in [0.1, 0.15) is 55.4 Å². The largest absolute Gasteiger partial charge is 0.518 e. The first-order valence-corrected chi connectivity index (χ1v) is 6.81. The molecule has 0 aromatic carbocycles. The highest BCUT2D eigenvalue weighted by Crippen LogP contribution is 2.11. The normalized spacial score (nSPS) is 13.6. The Balaban J connectivity index is 4.16. The summed E-state index contributed by atoms with van der Waals surface area (Å²) in [5.41, 5.74) is -0.942. The highest BCUT2D eigenvalue weighted by Gasteiger charge is 2.13. The SMILES string of the molecule is C/C(=C\OOC(C)(C)C)OC(=O)O/C(C)=C/OOC(C)(C)C. The summed E-state index contributed by atoms with van der Waals surface area (Å²) in [4.78, 5) is 31.1. The van der Waals surface area contributed by atoms with Crippen molar-refractivity contribution in [3.05, 3.63) is 24.0 Å². The van der Waals surface area contributed by atoms with Gasteiger partial charge in [-0.15, -0.1) is 0 Å². The van der Waals surface area contributed by atoms with Crippen LogP contribution < -0.4 is 0 Å². The minimum atomic E-state index is -0.929. The van der Waals surface area contributed by atoms with Crippen LogP contribution in [-0.4, -0.2) is 17.4 Å². The van der Waals surface area contributed by atoms with E-state index >= 15 is 0 Å². The molecule has 7 nitrogen and oxygen atoms in total. The van der Waals surface area contributed by atoms with Crippen molar-refractivity contribution in [2.75, 3.05) is 0 Å². The van der Waals surface area contributed by atoms with Crippen molar-refractivity contribution in [1.29, 1.82) is 0 Å². The van der Waals surface area contributed by atoms with Gasteiger partial charge < -0.3 is 19.2 Å². The number of carbonyl (C=O) groups is 1. The quantitative estimate of drug-likeness (QED) is 0.312. The summed E-state index contributed by atoms with van der Waals surface area (Å²) >= 11 is 0. The lowest BCUT2D eigenvalue weighted by Gasteiger charge is -2.16. The molecular formula is C15H26O7. The van der Waals surface area contributed by atoms with Gasteiger partial charge in [0.1, 0.15) is 22.7 Å². The first-order chi connectivity index (χ1) is 9.89. The van der Waals surface area contributed by atoms with Gasteiger partial charge >= 0.3 is 6.16 Å². The molecule has 7 heteroatoms. The molecule has 0 saturated heterocycles. The van der Waals surface area contributed by atoms with Crippen molar-refractivity contribution in [3.8, 4) is 0 Å². The molecule has 0 unspecified atom stereocenters. The van der Waals surface area contributed by atoms with E-state index in [0.29, 0.717) is 0 Å². The molecule has 0 N–H and O–H groups in total. The van der Waals surface area contributed by atoms with Crippen LogP contribution in [-0.2, 0) is 29.0 Å². The second kappa shape index (κ2) is 8.65. The van der Waals surface area contributed by atoms with Gasteiger partial charge in [-0.05, 0) is 55.4 Å². The Hall–Kier alpha value is -1.73. The van der Waals surface area contributed by atoms with Gasteiger partial charge in [0.05, 0.1) is 0 Å². The van der Waals surface area contributed by atoms with Gasteiger partial charge in [0.25, 0.3) is 0 Å². The van der Waals surface area contributed by atoms with E-state index in [1.165, 1.54) is 13.8 Å². The number of hydrogen-bond acceptors (Lipinski definition) is 7. The molecule has 0 amide bonds. The lowest BCUT2D eigenvalue weighted by Crippen LogP contribution is -2.18. The minimum Gasteiger partial charge on any atom is -0.396 e. The van der Waals surface area contributed by atoms with Crippen LogP contribution in [0.2, 0.25) is 0 Å². The van der Waals surface area contributed by atoms with E-state index in [0.717, 1.165) is 12.5 Å². The van der Waals surface area contributed by atoms with E-state index in [2.05, 4.69) is 0 Å². The van der Waals surface area contributed by atoms with Crippen LogP contribution in [0.3, 0.4) is 0 Å². The standard InChI is InChI=1S/C15H26O7/c1-11(9-17-21-14(3,4)5)19-13(16)20-12(2)10-18-22-15(6,7)8/h9-10H,1-8H3/b11-9+,12-10+. The van der Waals surface area contributed by atoms with Gasteiger partial charge in [0.15, 0.2) is 12.5 Å². The Morgan fingerprint density at radius 1 is 0.727 bits per heavy atom. The number of carbonyl (C=O) groups excluding carboxylic acids is 1. The lowest BCUT2D eigenvalue weighted by molar-refractivity contribution is -0.312. The minimum absolute atomic E-state index is 0.175. The molecule has 0 aliphatic heterocycles. The molecule has 0 saturated carbocycles. The van der Waals surface area contributed by atoms with Crippen molar-refractivity contribution >= 4 is 6.16 Å². The third kappa shape index (κ3) is 13.3. The van der Waals surface area contributed by atoms with E-state index in [-0.39, 0.29) is 11.5 Å². The summed E-state index contributed by atoms with van der Waals surface area (Å²) in [5.74, 6) is 0.350. The summed E-state index contributed by atoms with van der Waals surface area (Å²) in [6.45, 7) is 14.0. The highest BCUT2D eigenvalue weighted by molar-refractivity contribution is 5.62. The van der Waals surface area contributed by atoms with Crippen LogP contribution >= 0.6 is 0 Å². The van der Waals surface area contributed by atoms with Gasteiger partial charge in [0.2, 0.25) is 0 Å². The Labute approximate surface area is 131 Å². The topological polar surface area (TPSA) is 72.5 Å². The summed E-state index contributed by atoms with van der Waals surface area (Å²) in [5, 5.41) is 0. The molecule has 0 bridgehead atoms. The fourth-order valence-corrected chi connectivity index (χ4v) is 0.804. The van der Waals surface area contributed by atoms with Gasteiger partial charge in [-0.3, -0.25) is 0 Å². The van der Waals surface area contributed by atoms with E-state index in [1.54, 1.807) is 0 Å². The molecule has 0 spiro atoms. The molecule has 0 aromatic heterocycles. The number of ether oxygens (including phenoxy) is 2. The number of allylic oxidation sites excluding steroid dienone is 2. The smallest absolute Gasteiger partial charge is 0.396 e. The molecular weight excluding hydrogens is 292 g/mol. The zero-order valence-corrected chi connectivity index (χ0v) is 14.5. The van der Waals surface area contributed by atoms with Crippen LogP contribution in [0.5, 0.6) is 0 Å². The number of hydrogen-bond donors (Lipinski definition) is 0. The summed E-state index contributed by atoms with van der Waals surface area (Å²) < 4.78 is 9.68. The number of rotatable bonds is 6. The Morgan fingerprint density at radius 2 is 1.05 bits per heavy atom. The maximum absolute atomic E-state index is 11.5. The van der Waals surface area contributed by atoms with Crippen LogP contribution in [0.25, 0.3) is 0 Å². The maximum Gasteiger partial charge on any atom is 0.518 e. The molecule has 0 aliphatic carbocycles. The lowest BCUT2D eigenvalue weighted by atomic mass is 10.2. The maximum atomic E-state index is 11.5. The molecule has 0 rings (SSSR count). The molecule has 128 valence electrons. The molecule has 0 aliphatic rings. The molecule has 0 atom stereocenters. The summed E-state index contributed by atoms with van der Waals surface area (Å²) in [7, 11) is 0. The average molecular weight is 318 g/mol. The van der Waals surface area contributed by atoms with Crippen molar-refractivity contribution in [2.24, 2.45) is 0 Å². The first-order valence-electron chi connectivity index (χ1n) is 6.81. The Kier molecular flexibility index (Phi) is 7.97. The predicted molar refractivity (Wildman–Crippen MR) is 78.9 cm³/mol. The second-order valence-corrected chi connectivity index (χ2v) is 6.49. The predicted octanol–water partition coefficient (Wildman–Crippen LogP) is 4.36. The Morgan fingerprint density at radius 3 is 1.32 bits per heavy atom. The van der Waals surface area contributed by atoms with E-state index in [1.807, 2.05) is 41.5 Å². The van der Waals surface area contributed by atoms with Gasteiger partial charge in [-0.1, -0.05) is 0 Å². The molecule has 0 aromatic rings. The molecule has 0 heterocycles. The summed E-state index contributed by atoms with van der Waals surface area (Å²) in [6, 6.07) is 0. The van der Waals surface area contributed by atoms with Crippen molar-refractivity contribution < 1.29 is 33.8 Å². The van der Waals surface area contributed by atoms with Crippen molar-refractivity contribution in [3.63, 3.8) is 0 Å². The van der Waals surface area contributed by atoms with E-state index in [4.69, 9.17) is 29.0 Å². The average Bonchev–Trinajstić information content (AvgIpc) is 2.24. The van der Waals surface area contributed by atoms with Crippen molar-refractivity contribution in [1.82, 2.24) is 0 Å². The second-order valence-electron chi connectivity index (χ2n) is 6.49. The zero-order chi connectivity index (χ0) is 17.4. The van der Waals surface area contributed by atoms with E-state index < -0.39 is 17.4 Å². The van der Waals surface area contributed by atoms with Crippen LogP contribution in [0, 0.1) is 0 Å². The molecule has 0 fully saturated rings. The Bertz CT molecular complexity index is 373. The van der Waals surface area contributed by atoms with Gasteiger partial charge in [-0.25, -0.2) is 4.79 Å². The molecule has 22 heavy (non-hydrogen) atoms. The highest BCUT2D eigenvalue weighted by atomic mass is 17.2. The monoisotopic (exact) mass is 318 g/mol. The third-order valence-electron chi connectivity index (χ3n) is 1.51. The van der Waals surface area contributed by atoms with Gasteiger partial charge in [0, 0.05) is 0 Å². The fraction of sp³-hybridized carbons (Fsp3) is 0.667.